The summed E-state index contributed by atoms with van der Waals surface area (Å²) in [6, 6.07) is 0. The molecule has 0 aliphatic carbocycles. The van der Waals surface area contributed by atoms with Crippen molar-refractivity contribution in [1.29, 1.82) is 0 Å². The maximum Gasteiger partial charge on any atom is -0.0351 e. The topological polar surface area (TPSA) is 0 Å². The molecule has 2 radical (unpaired) electrons. The number of unbranched alkanes of at least 4 members (excludes halogenated alkanes) is 15. The van der Waals surface area contributed by atoms with Crippen LogP contribution >= 0.6 is 0 Å². The van der Waals surface area contributed by atoms with Gasteiger partial charge in [-0.25, -0.2) is 0 Å². The Kier molecular flexibility index (Phi) is 24.8. The van der Waals surface area contributed by atoms with Crippen molar-refractivity contribution < 1.29 is 0 Å². The smallest absolute Gasteiger partial charge is 0.0351 e. The summed E-state index contributed by atoms with van der Waals surface area (Å²) < 4.78 is 0. The first-order chi connectivity index (χ1) is 14.7. The Bertz CT molecular complexity index is 329. The Morgan fingerprint density at radius 1 is 0.433 bits per heavy atom. The van der Waals surface area contributed by atoms with Crippen LogP contribution < -0.4 is 0 Å². The molecule has 0 saturated carbocycles. The molecule has 0 bridgehead atoms. The van der Waals surface area contributed by atoms with Gasteiger partial charge in [0.2, 0.25) is 0 Å². The number of allylic oxidation sites excluding steroid dienone is 2. The van der Waals surface area contributed by atoms with E-state index in [-0.39, 0.29) is 0 Å². The van der Waals surface area contributed by atoms with E-state index in [9.17, 15) is 0 Å². The van der Waals surface area contributed by atoms with E-state index >= 15 is 0 Å². The molecule has 0 rings (SSSR count). The van der Waals surface area contributed by atoms with Gasteiger partial charge < -0.3 is 0 Å². The van der Waals surface area contributed by atoms with E-state index in [0.717, 1.165) is 24.7 Å². The average molecular weight is 419 g/mol. The summed E-state index contributed by atoms with van der Waals surface area (Å²) in [5.74, 6) is 1.84. The molecule has 0 heterocycles. The molecule has 2 atom stereocenters. The highest BCUT2D eigenvalue weighted by Gasteiger charge is 2.06. The molecule has 0 spiro atoms. The molecule has 30 heavy (non-hydrogen) atoms. The molecular weight excluding hydrogens is 360 g/mol. The van der Waals surface area contributed by atoms with Gasteiger partial charge in [0.25, 0.3) is 0 Å². The summed E-state index contributed by atoms with van der Waals surface area (Å²) in [7, 11) is 0. The molecule has 0 amide bonds. The predicted molar refractivity (Wildman–Crippen MR) is 140 cm³/mol. The van der Waals surface area contributed by atoms with Crippen LogP contribution in [0.15, 0.2) is 12.2 Å². The van der Waals surface area contributed by atoms with Crippen molar-refractivity contribution in [3.63, 3.8) is 0 Å². The van der Waals surface area contributed by atoms with Crippen molar-refractivity contribution in [2.24, 2.45) is 11.8 Å². The minimum atomic E-state index is 0.918. The third-order valence-electron chi connectivity index (χ3n) is 6.70. The van der Waals surface area contributed by atoms with E-state index in [1.54, 1.807) is 0 Å². The molecule has 0 aromatic carbocycles. The van der Waals surface area contributed by atoms with Crippen molar-refractivity contribution >= 4 is 0 Å². The van der Waals surface area contributed by atoms with E-state index in [4.69, 9.17) is 0 Å². The zero-order valence-corrected chi connectivity index (χ0v) is 21.3. The lowest BCUT2D eigenvalue weighted by molar-refractivity contribution is 0.379. The Morgan fingerprint density at radius 3 is 1.23 bits per heavy atom. The summed E-state index contributed by atoms with van der Waals surface area (Å²) in [4.78, 5) is 0. The van der Waals surface area contributed by atoms with Crippen LogP contribution in [0.5, 0.6) is 0 Å². The highest BCUT2D eigenvalue weighted by atomic mass is 14.1. The van der Waals surface area contributed by atoms with Crippen LogP contribution in [-0.2, 0) is 0 Å². The number of rotatable bonds is 24. The average Bonchev–Trinajstić information content (AvgIpc) is 2.74. The highest BCUT2D eigenvalue weighted by Crippen LogP contribution is 2.22. The van der Waals surface area contributed by atoms with Crippen LogP contribution in [0.1, 0.15) is 155 Å². The van der Waals surface area contributed by atoms with Gasteiger partial charge in [-0.2, -0.15) is 0 Å². The standard InChI is InChI=1S/C30H58/c1-5-7-9-11-12-13-14-15-16-17-18-19-20-22-24-26-30(4)28-27-29(3)25-23-21-10-8-6-2/h18-19,29-30H,1-2,5-17,20-28H2,3-4H3. The molecular formula is C30H58. The molecule has 0 aliphatic rings. The summed E-state index contributed by atoms with van der Waals surface area (Å²) in [6.45, 7) is 12.8. The van der Waals surface area contributed by atoms with Gasteiger partial charge >= 0.3 is 0 Å². The van der Waals surface area contributed by atoms with Crippen molar-refractivity contribution in [2.45, 2.75) is 155 Å². The lowest BCUT2D eigenvalue weighted by Crippen LogP contribution is -2.01. The maximum absolute atomic E-state index is 3.93. The van der Waals surface area contributed by atoms with Crippen LogP contribution in [0.3, 0.4) is 0 Å². The molecule has 0 aromatic heterocycles. The fourth-order valence-corrected chi connectivity index (χ4v) is 4.37. The molecule has 0 nitrogen and oxygen atoms in total. The second-order valence-corrected chi connectivity index (χ2v) is 10.1. The van der Waals surface area contributed by atoms with Gasteiger partial charge in [0.05, 0.1) is 0 Å². The van der Waals surface area contributed by atoms with Gasteiger partial charge in [-0.1, -0.05) is 155 Å². The van der Waals surface area contributed by atoms with Crippen molar-refractivity contribution in [1.82, 2.24) is 0 Å². The zero-order chi connectivity index (χ0) is 22.1. The monoisotopic (exact) mass is 418 g/mol. The van der Waals surface area contributed by atoms with Crippen molar-refractivity contribution in [2.75, 3.05) is 0 Å². The van der Waals surface area contributed by atoms with Crippen LogP contribution in [0.2, 0.25) is 0 Å². The Hall–Kier alpha value is -0.260. The summed E-state index contributed by atoms with van der Waals surface area (Å²) >= 11 is 0. The Morgan fingerprint density at radius 2 is 0.767 bits per heavy atom. The first-order valence-electron chi connectivity index (χ1n) is 13.9. The molecule has 0 heteroatoms. The van der Waals surface area contributed by atoms with Crippen LogP contribution in [0, 0.1) is 25.7 Å². The number of hydrogen-bond donors (Lipinski definition) is 0. The summed E-state index contributed by atoms with van der Waals surface area (Å²) in [6.07, 6.45) is 35.0. The first kappa shape index (κ1) is 29.7. The van der Waals surface area contributed by atoms with E-state index in [0.29, 0.717) is 0 Å². The maximum atomic E-state index is 3.93. The Balaban J connectivity index is 3.32. The fraction of sp³-hybridized carbons (Fsp3) is 0.867. The van der Waals surface area contributed by atoms with Gasteiger partial charge in [-0.3, -0.25) is 0 Å². The molecule has 0 saturated heterocycles. The van der Waals surface area contributed by atoms with Crippen molar-refractivity contribution in [3.8, 4) is 0 Å². The lowest BCUT2D eigenvalue weighted by atomic mass is 9.91. The number of hydrogen-bond acceptors (Lipinski definition) is 0. The fourth-order valence-electron chi connectivity index (χ4n) is 4.37. The molecule has 0 N–H and O–H groups in total. The van der Waals surface area contributed by atoms with Crippen LogP contribution in [-0.4, -0.2) is 0 Å². The van der Waals surface area contributed by atoms with Gasteiger partial charge in [-0.15, -0.1) is 0 Å². The van der Waals surface area contributed by atoms with Gasteiger partial charge in [0.15, 0.2) is 0 Å². The third kappa shape index (κ3) is 24.0. The molecule has 0 fully saturated rings. The largest absolute Gasteiger partial charge is 0.0885 e. The van der Waals surface area contributed by atoms with Crippen LogP contribution in [0.25, 0.3) is 0 Å². The van der Waals surface area contributed by atoms with E-state index < -0.39 is 0 Å². The van der Waals surface area contributed by atoms with E-state index in [1.165, 1.54) is 128 Å². The quantitative estimate of drug-likeness (QED) is 0.108. The second-order valence-electron chi connectivity index (χ2n) is 10.1. The molecule has 0 aromatic rings. The summed E-state index contributed by atoms with van der Waals surface area (Å²) in [5.41, 5.74) is 0. The van der Waals surface area contributed by atoms with Gasteiger partial charge in [0.1, 0.15) is 0 Å². The normalized spacial score (nSPS) is 13.9. The van der Waals surface area contributed by atoms with Crippen LogP contribution in [0.4, 0.5) is 0 Å². The first-order valence-corrected chi connectivity index (χ1v) is 13.9. The Labute approximate surface area is 193 Å². The summed E-state index contributed by atoms with van der Waals surface area (Å²) in [5, 5.41) is 0. The minimum Gasteiger partial charge on any atom is -0.0885 e. The van der Waals surface area contributed by atoms with Gasteiger partial charge in [0, 0.05) is 0 Å². The van der Waals surface area contributed by atoms with E-state index in [1.807, 2.05) is 0 Å². The third-order valence-corrected chi connectivity index (χ3v) is 6.70. The molecule has 2 unspecified atom stereocenters. The van der Waals surface area contributed by atoms with Gasteiger partial charge in [-0.05, 0) is 37.5 Å². The second kappa shape index (κ2) is 25.0. The predicted octanol–water partition coefficient (Wildman–Crippen LogP) is 11.1. The lowest BCUT2D eigenvalue weighted by Gasteiger charge is -2.15. The minimum absolute atomic E-state index is 0.918. The van der Waals surface area contributed by atoms with E-state index in [2.05, 4.69) is 39.8 Å². The zero-order valence-electron chi connectivity index (χ0n) is 21.3. The molecule has 0 aliphatic heterocycles. The highest BCUT2D eigenvalue weighted by molar-refractivity contribution is 4.81. The SMILES string of the molecule is [CH2]CCCCCCCCCCC=CCCCCC(C)CCC(C)CCCCCC[CH2]. The molecule has 178 valence electrons. The van der Waals surface area contributed by atoms with Crippen molar-refractivity contribution in [3.05, 3.63) is 26.0 Å².